The highest BCUT2D eigenvalue weighted by molar-refractivity contribution is 6.30. The van der Waals surface area contributed by atoms with E-state index in [0.29, 0.717) is 34.2 Å². The molecule has 1 aliphatic carbocycles. The number of hydroxylamine groups is 2. The summed E-state index contributed by atoms with van der Waals surface area (Å²) in [4.78, 5) is 42.9. The smallest absolute Gasteiger partial charge is 0.322 e. The quantitative estimate of drug-likeness (QED) is 0.600. The van der Waals surface area contributed by atoms with E-state index in [1.807, 2.05) is 0 Å². The van der Waals surface area contributed by atoms with E-state index in [-0.39, 0.29) is 22.5 Å². The molecule has 0 bridgehead atoms. The first-order valence-electron chi connectivity index (χ1n) is 9.22. The van der Waals surface area contributed by atoms with Crippen molar-refractivity contribution in [3.63, 3.8) is 0 Å². The molecular weight excluding hydrogens is 413 g/mol. The van der Waals surface area contributed by atoms with Gasteiger partial charge >= 0.3 is 5.97 Å². The number of fused-ring (bicyclic) bond motifs is 2. The summed E-state index contributed by atoms with van der Waals surface area (Å²) in [5.41, 5.74) is 1.65. The molecule has 0 radical (unpaired) electrons. The molecule has 150 valence electrons. The maximum Gasteiger partial charge on any atom is 0.384 e. The molecule has 2 aliphatic rings. The maximum atomic E-state index is 14.4. The van der Waals surface area contributed by atoms with Crippen LogP contribution in [-0.4, -0.2) is 32.6 Å². The van der Waals surface area contributed by atoms with Crippen LogP contribution in [0, 0.1) is 5.82 Å². The second kappa shape index (κ2) is 6.77. The molecule has 0 N–H and O–H groups in total. The van der Waals surface area contributed by atoms with E-state index in [1.54, 1.807) is 12.1 Å². The average Bonchev–Trinajstić information content (AvgIpc) is 3.41. The molecule has 1 aliphatic heterocycles. The van der Waals surface area contributed by atoms with Gasteiger partial charge in [0, 0.05) is 16.3 Å². The molecule has 1 aromatic heterocycles. The van der Waals surface area contributed by atoms with Gasteiger partial charge in [-0.25, -0.2) is 13.9 Å². The zero-order chi connectivity index (χ0) is 21.0. The van der Waals surface area contributed by atoms with Crippen molar-refractivity contribution in [2.75, 3.05) is 0 Å². The van der Waals surface area contributed by atoms with Gasteiger partial charge in [-0.3, -0.25) is 9.59 Å². The van der Waals surface area contributed by atoms with E-state index >= 15 is 0 Å². The molecule has 3 aromatic rings. The fourth-order valence-corrected chi connectivity index (χ4v) is 3.99. The van der Waals surface area contributed by atoms with Crippen molar-refractivity contribution < 1.29 is 23.6 Å². The summed E-state index contributed by atoms with van der Waals surface area (Å²) in [6, 6.07) is 10.3. The highest BCUT2D eigenvalue weighted by Gasteiger charge is 2.40. The van der Waals surface area contributed by atoms with Gasteiger partial charge in [0.1, 0.15) is 11.5 Å². The van der Waals surface area contributed by atoms with Crippen molar-refractivity contribution in [1.29, 1.82) is 0 Å². The fourth-order valence-electron chi connectivity index (χ4n) is 3.82. The number of hydrogen-bond donors (Lipinski definition) is 0. The molecule has 7 nitrogen and oxygen atoms in total. The Labute approximate surface area is 174 Å². The number of amides is 2. The topological polar surface area (TPSA) is 81.5 Å². The molecule has 0 unspecified atom stereocenters. The molecule has 0 saturated carbocycles. The molecule has 2 heterocycles. The van der Waals surface area contributed by atoms with Crippen molar-refractivity contribution in [3.8, 4) is 5.69 Å². The van der Waals surface area contributed by atoms with Crippen molar-refractivity contribution in [2.45, 2.75) is 19.3 Å². The summed E-state index contributed by atoms with van der Waals surface area (Å²) in [5.74, 6) is -2.94. The van der Waals surface area contributed by atoms with Crippen LogP contribution in [0.15, 0.2) is 42.5 Å². The molecule has 0 fully saturated rings. The Morgan fingerprint density at radius 1 is 1.07 bits per heavy atom. The number of halogens is 2. The molecule has 0 saturated heterocycles. The summed E-state index contributed by atoms with van der Waals surface area (Å²) >= 11 is 6.00. The minimum atomic E-state index is -0.955. The number of nitrogens with zero attached hydrogens (tertiary/aromatic N) is 3. The number of aromatic nitrogens is 2. The summed E-state index contributed by atoms with van der Waals surface area (Å²) in [5, 5.41) is 5.00. The average molecular weight is 426 g/mol. The summed E-state index contributed by atoms with van der Waals surface area (Å²) in [6.45, 7) is 0. The Bertz CT molecular complexity index is 1220. The number of hydrogen-bond acceptors (Lipinski definition) is 5. The highest BCUT2D eigenvalue weighted by atomic mass is 35.5. The second-order valence-electron chi connectivity index (χ2n) is 6.96. The van der Waals surface area contributed by atoms with Crippen molar-refractivity contribution >= 4 is 29.4 Å². The van der Waals surface area contributed by atoms with Crippen LogP contribution in [0.3, 0.4) is 0 Å². The number of carbonyl (C=O) groups is 3. The Hall–Kier alpha value is -3.52. The number of benzene rings is 2. The fraction of sp³-hybridized carbons (Fsp3) is 0.143. The maximum absolute atomic E-state index is 14.4. The van der Waals surface area contributed by atoms with E-state index in [4.69, 9.17) is 16.4 Å². The van der Waals surface area contributed by atoms with Gasteiger partial charge in [0.25, 0.3) is 11.8 Å². The van der Waals surface area contributed by atoms with E-state index < -0.39 is 23.6 Å². The number of carbonyl (C=O) groups excluding carboxylic acids is 3. The normalized spacial score (nSPS) is 14.8. The van der Waals surface area contributed by atoms with Crippen LogP contribution in [-0.2, 0) is 17.7 Å². The Kier molecular flexibility index (Phi) is 4.18. The third kappa shape index (κ3) is 2.72. The van der Waals surface area contributed by atoms with Gasteiger partial charge in [0.05, 0.1) is 11.1 Å². The predicted molar refractivity (Wildman–Crippen MR) is 103 cm³/mol. The molecule has 30 heavy (non-hydrogen) atoms. The minimum absolute atomic E-state index is 0.0570. The summed E-state index contributed by atoms with van der Waals surface area (Å²) in [6.07, 6.45) is 1.89. The first-order valence-corrected chi connectivity index (χ1v) is 9.60. The van der Waals surface area contributed by atoms with E-state index in [1.165, 1.54) is 35.0 Å². The number of rotatable bonds is 3. The molecule has 0 spiro atoms. The zero-order valence-corrected chi connectivity index (χ0v) is 16.1. The van der Waals surface area contributed by atoms with Crippen LogP contribution in [0.25, 0.3) is 5.69 Å². The molecule has 9 heteroatoms. The lowest BCUT2D eigenvalue weighted by molar-refractivity contribution is -0.0589. The Balaban J connectivity index is 1.50. The predicted octanol–water partition coefficient (Wildman–Crippen LogP) is 3.52. The first-order chi connectivity index (χ1) is 14.5. The van der Waals surface area contributed by atoms with Crippen LogP contribution in [0.2, 0.25) is 5.02 Å². The zero-order valence-electron chi connectivity index (χ0n) is 15.4. The lowest BCUT2D eigenvalue weighted by atomic mass is 10.1. The molecule has 2 aromatic carbocycles. The molecule has 2 amide bonds. The van der Waals surface area contributed by atoms with Gasteiger partial charge in [0.2, 0.25) is 0 Å². The van der Waals surface area contributed by atoms with Gasteiger partial charge in [-0.2, -0.15) is 5.10 Å². The van der Waals surface area contributed by atoms with Crippen LogP contribution >= 0.6 is 11.6 Å². The monoisotopic (exact) mass is 425 g/mol. The van der Waals surface area contributed by atoms with Crippen molar-refractivity contribution in [2.24, 2.45) is 0 Å². The van der Waals surface area contributed by atoms with E-state index in [9.17, 15) is 18.8 Å². The highest BCUT2D eigenvalue weighted by Crippen LogP contribution is 2.31. The van der Waals surface area contributed by atoms with Crippen LogP contribution < -0.4 is 0 Å². The second-order valence-corrected chi connectivity index (χ2v) is 7.40. The summed E-state index contributed by atoms with van der Waals surface area (Å²) < 4.78 is 15.7. The first kappa shape index (κ1) is 18.5. The molecular formula is C21H13ClFN3O4. The Morgan fingerprint density at radius 2 is 1.77 bits per heavy atom. The lowest BCUT2D eigenvalue weighted by Crippen LogP contribution is -2.33. The van der Waals surface area contributed by atoms with Gasteiger partial charge in [-0.15, -0.1) is 0 Å². The van der Waals surface area contributed by atoms with Gasteiger partial charge in [0.15, 0.2) is 5.69 Å². The third-order valence-electron chi connectivity index (χ3n) is 5.19. The molecule has 0 atom stereocenters. The lowest BCUT2D eigenvalue weighted by Gasteiger charge is -2.12. The number of imide groups is 1. The van der Waals surface area contributed by atoms with E-state index in [0.717, 1.165) is 6.42 Å². The minimum Gasteiger partial charge on any atom is -0.322 e. The van der Waals surface area contributed by atoms with Gasteiger partial charge in [-0.05, 0) is 49.6 Å². The van der Waals surface area contributed by atoms with Crippen LogP contribution in [0.5, 0.6) is 0 Å². The van der Waals surface area contributed by atoms with Crippen LogP contribution in [0.1, 0.15) is 48.9 Å². The van der Waals surface area contributed by atoms with E-state index in [2.05, 4.69) is 5.10 Å². The van der Waals surface area contributed by atoms with Crippen molar-refractivity contribution in [1.82, 2.24) is 14.8 Å². The van der Waals surface area contributed by atoms with Crippen LogP contribution in [0.4, 0.5) is 4.39 Å². The third-order valence-corrected chi connectivity index (χ3v) is 5.43. The Morgan fingerprint density at radius 3 is 2.47 bits per heavy atom. The summed E-state index contributed by atoms with van der Waals surface area (Å²) in [7, 11) is 0. The molecule has 5 rings (SSSR count). The standard InChI is InChI=1S/C21H13ClFN3O4/c22-11-8-9-15(23)17(10-11)25-16-7-3-6-14(16)18(24-25)21(29)30-26-19(27)12-4-1-2-5-13(12)20(26)28/h1-2,4-5,8-10H,3,6-7H2. The largest absolute Gasteiger partial charge is 0.384 e. The van der Waals surface area contributed by atoms with Gasteiger partial charge < -0.3 is 4.84 Å². The van der Waals surface area contributed by atoms with Crippen molar-refractivity contribution in [3.05, 3.63) is 81.4 Å². The van der Waals surface area contributed by atoms with Gasteiger partial charge in [-0.1, -0.05) is 28.8 Å². The SMILES string of the molecule is O=C(ON1C(=O)c2ccccc2C1=O)c1nn(-c2cc(Cl)ccc2F)c2c1CCC2.